The molecule has 0 heterocycles. The van der Waals surface area contributed by atoms with Gasteiger partial charge in [-0.3, -0.25) is 9.59 Å². The highest BCUT2D eigenvalue weighted by atomic mass is 16.3. The maximum Gasteiger partial charge on any atom is 0.184 e. The average Bonchev–Trinajstić information content (AvgIpc) is 3.15. The van der Waals surface area contributed by atoms with Crippen LogP contribution in [-0.2, 0) is 9.59 Å². The smallest absolute Gasteiger partial charge is 0.184 e. The van der Waals surface area contributed by atoms with Crippen LogP contribution in [0, 0.1) is 17.3 Å². The van der Waals surface area contributed by atoms with Gasteiger partial charge < -0.3 is 15.3 Å². The van der Waals surface area contributed by atoms with Crippen molar-refractivity contribution in [2.75, 3.05) is 0 Å². The first-order chi connectivity index (χ1) is 17.7. The van der Waals surface area contributed by atoms with Gasteiger partial charge in [-0.1, -0.05) is 65.8 Å². The molecule has 1 aromatic rings. The summed E-state index contributed by atoms with van der Waals surface area (Å²) in [7, 11) is 0. The lowest BCUT2D eigenvalue weighted by Gasteiger charge is -2.38. The van der Waals surface area contributed by atoms with Gasteiger partial charge in [-0.05, 0) is 85.5 Å². The number of hydrogen-bond acceptors (Lipinski definition) is 5. The van der Waals surface area contributed by atoms with Crippen LogP contribution in [0.4, 0.5) is 0 Å². The maximum absolute atomic E-state index is 14.4. The van der Waals surface area contributed by atoms with Gasteiger partial charge in [0.15, 0.2) is 11.6 Å². The molecule has 2 aliphatic carbocycles. The number of ketones is 2. The third kappa shape index (κ3) is 5.63. The molecule has 0 aromatic heterocycles. The van der Waals surface area contributed by atoms with E-state index in [1.807, 2.05) is 46.8 Å². The Balaban J connectivity index is 2.32. The molecule has 0 aliphatic heterocycles. The molecule has 1 fully saturated rings. The summed E-state index contributed by atoms with van der Waals surface area (Å²) in [6, 6.07) is 8.58. The number of Topliss-reactive ketones (excluding diaryl/α,β-unsaturated/α-hetero) is 2. The first-order valence-electron chi connectivity index (χ1n) is 13.4. The molecule has 2 aliphatic rings. The number of allylic oxidation sites excluding steroid dienone is 7. The predicted molar refractivity (Wildman–Crippen MR) is 152 cm³/mol. The molecule has 204 valence electrons. The van der Waals surface area contributed by atoms with E-state index in [1.165, 1.54) is 0 Å². The number of hydrogen-bond donors (Lipinski definition) is 3. The summed E-state index contributed by atoms with van der Waals surface area (Å²) >= 11 is 0. The average molecular weight is 519 g/mol. The Labute approximate surface area is 227 Å². The summed E-state index contributed by atoms with van der Waals surface area (Å²) in [6.45, 7) is 15.4. The van der Waals surface area contributed by atoms with Crippen molar-refractivity contribution in [3.63, 3.8) is 0 Å². The van der Waals surface area contributed by atoms with E-state index >= 15 is 0 Å². The molecule has 0 amide bonds. The Morgan fingerprint density at radius 2 is 1.55 bits per heavy atom. The van der Waals surface area contributed by atoms with Gasteiger partial charge >= 0.3 is 0 Å². The first kappa shape index (κ1) is 29.4. The standard InChI is InChI=1S/C33H42O5/c1-20(2)13-17-33(18-14-21(3)4)30(36)25(19-26-24(22(5)6)15-16-32(26,7)38)29(35)27(31(33)37)28(34)23-11-9-8-10-12-23/h8-14,24,26,34-35,38H,5,15-19H2,1-4,6-7H3/b28-27+/t24-,26-,32+/m1/s1. The molecule has 38 heavy (non-hydrogen) atoms. The van der Waals surface area contributed by atoms with Crippen molar-refractivity contribution in [2.45, 2.75) is 79.2 Å². The highest BCUT2D eigenvalue weighted by Crippen LogP contribution is 2.51. The number of benzene rings is 1. The summed E-state index contributed by atoms with van der Waals surface area (Å²) in [5.41, 5.74) is 0.480. The molecule has 0 radical (unpaired) electrons. The third-order valence-corrected chi connectivity index (χ3v) is 8.20. The Bertz CT molecular complexity index is 1210. The maximum atomic E-state index is 14.4. The van der Waals surface area contributed by atoms with Gasteiger partial charge in [0.1, 0.15) is 22.5 Å². The zero-order chi connectivity index (χ0) is 28.4. The van der Waals surface area contributed by atoms with Crippen LogP contribution < -0.4 is 0 Å². The van der Waals surface area contributed by atoms with Gasteiger partial charge in [-0.25, -0.2) is 0 Å². The molecular formula is C33H42O5. The van der Waals surface area contributed by atoms with Gasteiger partial charge in [-0.2, -0.15) is 0 Å². The van der Waals surface area contributed by atoms with Crippen LogP contribution in [0.5, 0.6) is 0 Å². The molecule has 5 nitrogen and oxygen atoms in total. The lowest BCUT2D eigenvalue weighted by atomic mass is 9.63. The largest absolute Gasteiger partial charge is 0.507 e. The van der Waals surface area contributed by atoms with Gasteiger partial charge in [0.05, 0.1) is 5.60 Å². The van der Waals surface area contributed by atoms with Gasteiger partial charge in [-0.15, -0.1) is 0 Å². The fourth-order valence-electron chi connectivity index (χ4n) is 5.80. The normalized spacial score (nSPS) is 26.3. The molecule has 3 atom stereocenters. The number of rotatable bonds is 8. The molecule has 1 aromatic carbocycles. The third-order valence-electron chi connectivity index (χ3n) is 8.20. The second kappa shape index (κ2) is 11.3. The lowest BCUT2D eigenvalue weighted by Crippen LogP contribution is -2.46. The molecule has 0 saturated heterocycles. The fraction of sp³-hybridized carbons (Fsp3) is 0.455. The summed E-state index contributed by atoms with van der Waals surface area (Å²) in [6.07, 6.45) is 5.39. The van der Waals surface area contributed by atoms with Crippen molar-refractivity contribution in [2.24, 2.45) is 17.3 Å². The summed E-state index contributed by atoms with van der Waals surface area (Å²) in [4.78, 5) is 28.6. The second-order valence-electron chi connectivity index (χ2n) is 11.8. The minimum Gasteiger partial charge on any atom is -0.507 e. The van der Waals surface area contributed by atoms with E-state index in [-0.39, 0.29) is 48.0 Å². The van der Waals surface area contributed by atoms with Crippen molar-refractivity contribution < 1.29 is 24.9 Å². The van der Waals surface area contributed by atoms with E-state index in [0.29, 0.717) is 12.0 Å². The van der Waals surface area contributed by atoms with Crippen molar-refractivity contribution in [3.05, 3.63) is 88.3 Å². The molecule has 0 spiro atoms. The van der Waals surface area contributed by atoms with Crippen LogP contribution in [0.1, 0.15) is 79.2 Å². The summed E-state index contributed by atoms with van der Waals surface area (Å²) in [5, 5.41) is 34.1. The van der Waals surface area contributed by atoms with Gasteiger partial charge in [0, 0.05) is 11.1 Å². The molecule has 0 unspecified atom stereocenters. The van der Waals surface area contributed by atoms with Crippen LogP contribution in [0.3, 0.4) is 0 Å². The number of aliphatic hydroxyl groups excluding tert-OH is 2. The van der Waals surface area contributed by atoms with Gasteiger partial charge in [0.2, 0.25) is 0 Å². The molecular weight excluding hydrogens is 476 g/mol. The van der Waals surface area contributed by atoms with Crippen LogP contribution >= 0.6 is 0 Å². The SMILES string of the molecule is C=C(C)[C@H]1CC[C@](C)(O)[C@@H]1CC1=C(O)/C(=C(\O)c2ccccc2)C(=O)C(CC=C(C)C)(CC=C(C)C)C1=O. The number of carbonyl (C=O) groups is 2. The van der Waals surface area contributed by atoms with E-state index in [2.05, 4.69) is 6.58 Å². The Hall–Kier alpha value is -3.18. The van der Waals surface area contributed by atoms with Crippen LogP contribution in [0.15, 0.2) is 82.7 Å². The summed E-state index contributed by atoms with van der Waals surface area (Å²) < 4.78 is 0. The van der Waals surface area contributed by atoms with E-state index in [1.54, 1.807) is 37.3 Å². The highest BCUT2D eigenvalue weighted by molar-refractivity contribution is 6.26. The van der Waals surface area contributed by atoms with E-state index in [9.17, 15) is 24.9 Å². The zero-order valence-corrected chi connectivity index (χ0v) is 23.6. The highest BCUT2D eigenvalue weighted by Gasteiger charge is 2.54. The number of aliphatic hydroxyl groups is 3. The summed E-state index contributed by atoms with van der Waals surface area (Å²) in [5.74, 6) is -2.27. The van der Waals surface area contributed by atoms with Crippen molar-refractivity contribution in [1.82, 2.24) is 0 Å². The lowest BCUT2D eigenvalue weighted by molar-refractivity contribution is -0.137. The van der Waals surface area contributed by atoms with Crippen LogP contribution in [-0.4, -0.2) is 32.5 Å². The van der Waals surface area contributed by atoms with Crippen molar-refractivity contribution in [1.29, 1.82) is 0 Å². The zero-order valence-electron chi connectivity index (χ0n) is 23.6. The molecule has 0 bridgehead atoms. The quantitative estimate of drug-likeness (QED) is 0.145. The monoisotopic (exact) mass is 518 g/mol. The molecule has 3 rings (SSSR count). The Morgan fingerprint density at radius 1 is 1.00 bits per heavy atom. The van der Waals surface area contributed by atoms with Crippen LogP contribution in [0.2, 0.25) is 0 Å². The van der Waals surface area contributed by atoms with Crippen molar-refractivity contribution >= 4 is 17.3 Å². The predicted octanol–water partition coefficient (Wildman–Crippen LogP) is 7.36. The molecule has 3 N–H and O–H groups in total. The minimum atomic E-state index is -1.52. The van der Waals surface area contributed by atoms with Crippen LogP contribution in [0.25, 0.3) is 5.76 Å². The molecule has 5 heteroatoms. The molecule has 1 saturated carbocycles. The van der Waals surface area contributed by atoms with E-state index in [4.69, 9.17) is 0 Å². The van der Waals surface area contributed by atoms with Crippen molar-refractivity contribution in [3.8, 4) is 0 Å². The fourth-order valence-corrected chi connectivity index (χ4v) is 5.80. The topological polar surface area (TPSA) is 94.8 Å². The van der Waals surface area contributed by atoms with E-state index < -0.39 is 28.3 Å². The second-order valence-corrected chi connectivity index (χ2v) is 11.8. The van der Waals surface area contributed by atoms with Gasteiger partial charge in [0.25, 0.3) is 0 Å². The Kier molecular flexibility index (Phi) is 8.72. The Morgan fingerprint density at radius 3 is 2.05 bits per heavy atom. The first-order valence-corrected chi connectivity index (χ1v) is 13.4. The van der Waals surface area contributed by atoms with E-state index in [0.717, 1.165) is 23.1 Å². The number of carbonyl (C=O) groups excluding carboxylic acids is 2. The minimum absolute atomic E-state index is 0.0316.